The topological polar surface area (TPSA) is 27.0 Å². The number of nitriles is 1. The minimum Gasteiger partial charge on any atom is -0.375 e. The molecule has 0 atom stereocenters. The molecule has 0 aliphatic carbocycles. The van der Waals surface area contributed by atoms with E-state index in [0.29, 0.717) is 5.56 Å². The van der Waals surface area contributed by atoms with E-state index in [4.69, 9.17) is 16.9 Å². The highest BCUT2D eigenvalue weighted by Gasteiger charge is 1.99. The van der Waals surface area contributed by atoms with Gasteiger partial charge in [0.1, 0.15) is 0 Å². The Bertz CT molecular complexity index is 326. The number of halogens is 1. The summed E-state index contributed by atoms with van der Waals surface area (Å²) in [5, 5.41) is 8.66. The molecule has 0 aromatic heterocycles. The molecule has 1 aromatic carbocycles. The maximum atomic E-state index is 8.66. The fourth-order valence-corrected chi connectivity index (χ4v) is 1.55. The Morgan fingerprint density at radius 3 is 2.47 bits per heavy atom. The van der Waals surface area contributed by atoms with Crippen molar-refractivity contribution < 1.29 is 0 Å². The second-order valence-electron chi connectivity index (χ2n) is 3.48. The number of hydrogen-bond donors (Lipinski definition) is 0. The SMILES string of the molecule is CN(CCCCCl)c1ccc(C#N)cc1. The van der Waals surface area contributed by atoms with Crippen LogP contribution < -0.4 is 4.90 Å². The zero-order valence-electron chi connectivity index (χ0n) is 8.91. The first kappa shape index (κ1) is 11.9. The lowest BCUT2D eigenvalue weighted by Crippen LogP contribution is -2.18. The molecular weight excluding hydrogens is 208 g/mol. The summed E-state index contributed by atoms with van der Waals surface area (Å²) in [6.07, 6.45) is 2.14. The normalized spacial score (nSPS) is 9.67. The van der Waals surface area contributed by atoms with Crippen molar-refractivity contribution in [3.8, 4) is 6.07 Å². The number of benzene rings is 1. The van der Waals surface area contributed by atoms with Crippen LogP contribution in [-0.2, 0) is 0 Å². The van der Waals surface area contributed by atoms with Gasteiger partial charge in [0, 0.05) is 25.2 Å². The van der Waals surface area contributed by atoms with E-state index in [1.54, 1.807) is 0 Å². The lowest BCUT2D eigenvalue weighted by atomic mass is 10.2. The predicted octanol–water partition coefficient (Wildman–Crippen LogP) is 3.01. The van der Waals surface area contributed by atoms with Gasteiger partial charge in [-0.05, 0) is 37.1 Å². The molecule has 0 saturated carbocycles. The van der Waals surface area contributed by atoms with Gasteiger partial charge in [0.15, 0.2) is 0 Å². The highest BCUT2D eigenvalue weighted by atomic mass is 35.5. The molecule has 0 fully saturated rings. The summed E-state index contributed by atoms with van der Waals surface area (Å²) in [4.78, 5) is 2.17. The first-order chi connectivity index (χ1) is 7.27. The number of alkyl halides is 1. The fraction of sp³-hybridized carbons (Fsp3) is 0.417. The Labute approximate surface area is 96.1 Å². The van der Waals surface area contributed by atoms with Crippen LogP contribution in [0, 0.1) is 11.3 Å². The molecule has 1 rings (SSSR count). The maximum absolute atomic E-state index is 8.66. The van der Waals surface area contributed by atoms with E-state index >= 15 is 0 Å². The number of rotatable bonds is 5. The largest absolute Gasteiger partial charge is 0.375 e. The van der Waals surface area contributed by atoms with Gasteiger partial charge in [-0.2, -0.15) is 5.26 Å². The monoisotopic (exact) mass is 222 g/mol. The molecule has 0 amide bonds. The Morgan fingerprint density at radius 2 is 1.93 bits per heavy atom. The molecule has 0 radical (unpaired) electrons. The Morgan fingerprint density at radius 1 is 1.27 bits per heavy atom. The summed E-state index contributed by atoms with van der Waals surface area (Å²) < 4.78 is 0. The summed E-state index contributed by atoms with van der Waals surface area (Å²) in [5.41, 5.74) is 1.84. The Kier molecular flexibility index (Phi) is 5.00. The Hall–Kier alpha value is -1.20. The van der Waals surface area contributed by atoms with Gasteiger partial charge in [-0.3, -0.25) is 0 Å². The predicted molar refractivity (Wildman–Crippen MR) is 64.4 cm³/mol. The average Bonchev–Trinajstić information content (AvgIpc) is 2.29. The first-order valence-electron chi connectivity index (χ1n) is 5.05. The second-order valence-corrected chi connectivity index (χ2v) is 3.85. The molecule has 0 bridgehead atoms. The standard InChI is InChI=1S/C12H15ClN2/c1-15(9-3-2-8-13)12-6-4-11(10-14)5-7-12/h4-7H,2-3,8-9H2,1H3. The molecule has 15 heavy (non-hydrogen) atoms. The van der Waals surface area contributed by atoms with Gasteiger partial charge in [0.25, 0.3) is 0 Å². The zero-order chi connectivity index (χ0) is 11.1. The van der Waals surface area contributed by atoms with E-state index in [2.05, 4.69) is 18.0 Å². The van der Waals surface area contributed by atoms with Crippen LogP contribution in [0.15, 0.2) is 24.3 Å². The van der Waals surface area contributed by atoms with Gasteiger partial charge < -0.3 is 4.90 Å². The molecule has 3 heteroatoms. The van der Waals surface area contributed by atoms with Crippen molar-refractivity contribution >= 4 is 17.3 Å². The minimum absolute atomic E-state index is 0.702. The number of hydrogen-bond acceptors (Lipinski definition) is 2. The summed E-state index contributed by atoms with van der Waals surface area (Å²) in [7, 11) is 2.05. The van der Waals surface area contributed by atoms with Crippen molar-refractivity contribution in [2.75, 3.05) is 24.4 Å². The molecule has 0 spiro atoms. The van der Waals surface area contributed by atoms with E-state index in [9.17, 15) is 0 Å². The third-order valence-electron chi connectivity index (χ3n) is 2.31. The molecule has 1 aromatic rings. The van der Waals surface area contributed by atoms with Crippen LogP contribution in [-0.4, -0.2) is 19.5 Å². The van der Waals surface area contributed by atoms with Crippen LogP contribution in [0.4, 0.5) is 5.69 Å². The number of anilines is 1. The van der Waals surface area contributed by atoms with Crippen LogP contribution in [0.1, 0.15) is 18.4 Å². The van der Waals surface area contributed by atoms with E-state index in [-0.39, 0.29) is 0 Å². The van der Waals surface area contributed by atoms with Gasteiger partial charge >= 0.3 is 0 Å². The van der Waals surface area contributed by atoms with Gasteiger partial charge in [-0.1, -0.05) is 0 Å². The Balaban J connectivity index is 2.51. The molecule has 2 nitrogen and oxygen atoms in total. The molecule has 0 unspecified atom stereocenters. The summed E-state index contributed by atoms with van der Waals surface area (Å²) >= 11 is 5.62. The molecule has 0 aliphatic heterocycles. The molecule has 80 valence electrons. The third-order valence-corrected chi connectivity index (χ3v) is 2.58. The van der Waals surface area contributed by atoms with Crippen molar-refractivity contribution in [3.63, 3.8) is 0 Å². The van der Waals surface area contributed by atoms with E-state index in [0.717, 1.165) is 31.0 Å². The third kappa shape index (κ3) is 3.81. The van der Waals surface area contributed by atoms with Gasteiger partial charge in [-0.25, -0.2) is 0 Å². The summed E-state index contributed by atoms with van der Waals surface area (Å²) in [5.74, 6) is 0.723. The lowest BCUT2D eigenvalue weighted by molar-refractivity contribution is 0.770. The molecule has 0 aliphatic rings. The molecule has 0 N–H and O–H groups in total. The van der Waals surface area contributed by atoms with Gasteiger partial charge in [0.05, 0.1) is 11.6 Å². The number of unbranched alkanes of at least 4 members (excludes halogenated alkanes) is 1. The van der Waals surface area contributed by atoms with Gasteiger partial charge in [-0.15, -0.1) is 11.6 Å². The van der Waals surface area contributed by atoms with E-state index < -0.39 is 0 Å². The van der Waals surface area contributed by atoms with Crippen LogP contribution >= 0.6 is 11.6 Å². The van der Waals surface area contributed by atoms with Crippen molar-refractivity contribution in [2.45, 2.75) is 12.8 Å². The average molecular weight is 223 g/mol. The quantitative estimate of drug-likeness (QED) is 0.566. The highest BCUT2D eigenvalue weighted by Crippen LogP contribution is 2.13. The fourth-order valence-electron chi connectivity index (χ4n) is 1.36. The van der Waals surface area contributed by atoms with Crippen LogP contribution in [0.2, 0.25) is 0 Å². The van der Waals surface area contributed by atoms with Crippen LogP contribution in [0.5, 0.6) is 0 Å². The van der Waals surface area contributed by atoms with Crippen LogP contribution in [0.3, 0.4) is 0 Å². The number of nitrogens with zero attached hydrogens (tertiary/aromatic N) is 2. The molecule has 0 heterocycles. The molecule has 0 saturated heterocycles. The highest BCUT2D eigenvalue weighted by molar-refractivity contribution is 6.17. The van der Waals surface area contributed by atoms with Crippen LogP contribution in [0.25, 0.3) is 0 Å². The summed E-state index contributed by atoms with van der Waals surface area (Å²) in [6.45, 7) is 0.999. The summed E-state index contributed by atoms with van der Waals surface area (Å²) in [6, 6.07) is 9.73. The molecular formula is C12H15ClN2. The van der Waals surface area contributed by atoms with Crippen molar-refractivity contribution in [2.24, 2.45) is 0 Å². The second kappa shape index (κ2) is 6.31. The van der Waals surface area contributed by atoms with E-state index in [1.165, 1.54) is 0 Å². The smallest absolute Gasteiger partial charge is 0.0991 e. The maximum Gasteiger partial charge on any atom is 0.0991 e. The van der Waals surface area contributed by atoms with Gasteiger partial charge in [0.2, 0.25) is 0 Å². The lowest BCUT2D eigenvalue weighted by Gasteiger charge is -2.18. The van der Waals surface area contributed by atoms with E-state index in [1.807, 2.05) is 24.3 Å². The minimum atomic E-state index is 0.702. The first-order valence-corrected chi connectivity index (χ1v) is 5.58. The van der Waals surface area contributed by atoms with Crippen molar-refractivity contribution in [1.82, 2.24) is 0 Å². The van der Waals surface area contributed by atoms with Crippen molar-refractivity contribution in [3.05, 3.63) is 29.8 Å². The van der Waals surface area contributed by atoms with Crippen molar-refractivity contribution in [1.29, 1.82) is 5.26 Å². The zero-order valence-corrected chi connectivity index (χ0v) is 9.67.